The third-order valence-electron chi connectivity index (χ3n) is 27.2. The zero-order valence-electron chi connectivity index (χ0n) is 91.4. The molecule has 6 aliphatic heterocycles. The van der Waals surface area contributed by atoms with Gasteiger partial charge < -0.3 is 30.2 Å². The first kappa shape index (κ1) is 113. The maximum absolute atomic E-state index is 11.6. The number of nitrogens with zero attached hydrogens (tertiary/aromatic N) is 12. The lowest BCUT2D eigenvalue weighted by Crippen LogP contribution is -2.26. The minimum absolute atomic E-state index is 0.107. The number of fused-ring (bicyclic) bond motifs is 10. The van der Waals surface area contributed by atoms with Gasteiger partial charge in [0.1, 0.15) is 0 Å². The molecule has 20 rings (SSSR count). The van der Waals surface area contributed by atoms with Crippen LogP contribution in [-0.2, 0) is 98.8 Å². The molecule has 3 amide bonds. The molecule has 0 unspecified atom stereocenters. The van der Waals surface area contributed by atoms with Crippen LogP contribution in [0.3, 0.4) is 0 Å². The van der Waals surface area contributed by atoms with Gasteiger partial charge in [-0.2, -0.15) is 20.4 Å². The van der Waals surface area contributed by atoms with Crippen LogP contribution in [0.4, 0.5) is 34.1 Å². The molecule has 0 bridgehead atoms. The number of hydrogen-bond acceptors (Lipinski definition) is 14. The summed E-state index contributed by atoms with van der Waals surface area (Å²) in [5.74, 6) is 6.02. The van der Waals surface area contributed by atoms with Gasteiger partial charge in [0.2, 0.25) is 37.8 Å². The molecule has 10 aromatic carbocycles. The van der Waals surface area contributed by atoms with E-state index in [1.807, 2.05) is 120 Å². The highest BCUT2D eigenvalue weighted by molar-refractivity contribution is 7.92. The summed E-state index contributed by atoms with van der Waals surface area (Å²) >= 11 is 0. The highest BCUT2D eigenvalue weighted by atomic mass is 32.2. The number of carbonyl (C=O) groups excluding carboxylic acids is 3. The Kier molecular flexibility index (Phi) is 37.1. The SMILES string of the molecule is C=C1CCc2cc(C(C)C)ccc2N1C.CC(C)c1ccc2c(c1)CC(=O)N2C.CC(C)c1ccc2c(c1)CS(=O)(=O)N2.CC(C)c1ccc2c(c1)CS(=O)(=O)N2C.CC(C)c1ccc2c(c1)N(C)C(=O)C2.CC(C)c1ccc2c(c1)NC(=O)C2.CC(C)c1ccc2c(cnn2C)c1.CC(C)c1ccc2c(cnn2CC(C)(C)O)c1.CC(C)c1ccc2cnn(C)c2c1.CC(C)c1ccc2nn(CC(C)(C)O)cc2c1. The van der Waals surface area contributed by atoms with Crippen LogP contribution in [0.15, 0.2) is 219 Å². The van der Waals surface area contributed by atoms with E-state index in [0.29, 0.717) is 91.5 Å². The fourth-order valence-electron chi connectivity index (χ4n) is 17.7. The number of aliphatic hydroxyl groups is 2. The Morgan fingerprint density at radius 1 is 0.359 bits per heavy atom. The molecule has 0 aliphatic carbocycles. The Bertz CT molecular complexity index is 7160. The van der Waals surface area contributed by atoms with Crippen molar-refractivity contribution in [3.05, 3.63) is 308 Å². The van der Waals surface area contributed by atoms with Crippen molar-refractivity contribution in [1.82, 2.24) is 39.1 Å². The quantitative estimate of drug-likeness (QED) is 0.0789. The van der Waals surface area contributed by atoms with Gasteiger partial charge in [0.05, 0.1) is 107 Å². The number of nitrogens with one attached hydrogen (secondary N) is 2. The molecule has 0 saturated carbocycles. The smallest absolute Gasteiger partial charge is 0.239 e. The lowest BCUT2D eigenvalue weighted by Gasteiger charge is -2.30. The maximum atomic E-state index is 11.6. The first-order chi connectivity index (χ1) is 67.9. The van der Waals surface area contributed by atoms with Crippen LogP contribution in [0.5, 0.6) is 0 Å². The van der Waals surface area contributed by atoms with Crippen LogP contribution < -0.4 is 29.0 Å². The molecule has 0 radical (unpaired) electrons. The van der Waals surface area contributed by atoms with Crippen LogP contribution in [0, 0.1) is 0 Å². The van der Waals surface area contributed by atoms with E-state index in [1.54, 1.807) is 44.5 Å². The van der Waals surface area contributed by atoms with Gasteiger partial charge in [-0.25, -0.2) is 16.8 Å². The van der Waals surface area contributed by atoms with Gasteiger partial charge in [-0.1, -0.05) is 248 Å². The summed E-state index contributed by atoms with van der Waals surface area (Å²) in [7, 11) is 5.15. The maximum Gasteiger partial charge on any atom is 0.239 e. The topological polar surface area (TPSA) is 268 Å². The van der Waals surface area contributed by atoms with Gasteiger partial charge in [0, 0.05) is 98.5 Å². The molecular formula is C120H158N14O9S2. The first-order valence-corrected chi connectivity index (χ1v) is 54.4. The summed E-state index contributed by atoms with van der Waals surface area (Å²) in [5.41, 5.74) is 30.1. The van der Waals surface area contributed by atoms with E-state index in [0.717, 1.165) is 85.3 Å². The van der Waals surface area contributed by atoms with Gasteiger partial charge in [-0.3, -0.25) is 42.1 Å². The van der Waals surface area contributed by atoms with E-state index in [4.69, 9.17) is 0 Å². The van der Waals surface area contributed by atoms with Gasteiger partial charge in [0.25, 0.3) is 0 Å². The zero-order valence-corrected chi connectivity index (χ0v) is 93.0. The van der Waals surface area contributed by atoms with E-state index in [1.165, 1.54) is 104 Å². The summed E-state index contributed by atoms with van der Waals surface area (Å²) in [6.45, 7) is 55.7. The number of allylic oxidation sites excluding steroid dienone is 1. The predicted molar refractivity (Wildman–Crippen MR) is 603 cm³/mol. The van der Waals surface area contributed by atoms with Crippen molar-refractivity contribution >= 4 is 116 Å². The number of rotatable bonds is 14. The molecule has 145 heavy (non-hydrogen) atoms. The predicted octanol–water partition coefficient (Wildman–Crippen LogP) is 26.1. The van der Waals surface area contributed by atoms with Crippen molar-refractivity contribution in [3.63, 3.8) is 0 Å². The molecule has 4 aromatic heterocycles. The Morgan fingerprint density at radius 2 is 0.766 bits per heavy atom. The molecule has 25 heteroatoms. The molecule has 774 valence electrons. The minimum Gasteiger partial charge on any atom is -0.389 e. The molecule has 0 atom stereocenters. The number of aryl methyl sites for hydroxylation is 3. The third-order valence-corrected chi connectivity index (χ3v) is 30.2. The van der Waals surface area contributed by atoms with Crippen LogP contribution in [0.25, 0.3) is 43.6 Å². The number of hydrogen-bond donors (Lipinski definition) is 4. The normalized spacial score (nSPS) is 14.5. The van der Waals surface area contributed by atoms with E-state index in [9.17, 15) is 41.4 Å². The van der Waals surface area contributed by atoms with Gasteiger partial charge in [-0.05, 0) is 268 Å². The average molecular weight is 2000 g/mol. The molecule has 0 saturated heterocycles. The lowest BCUT2D eigenvalue weighted by molar-refractivity contribution is -0.117. The Hall–Kier alpha value is -12.6. The van der Waals surface area contributed by atoms with Crippen LogP contribution in [0.1, 0.15) is 321 Å². The Labute approximate surface area is 863 Å². The first-order valence-electron chi connectivity index (χ1n) is 51.1. The second-order valence-corrected chi connectivity index (χ2v) is 47.4. The standard InChI is InChI=1S/2C14H20N2O.C14H19N.2C12H15NO.2C11H14N2.C11H15NO2S.C11H13NO.C10H13NO2S/c1-10(2)11-5-6-13-12(7-11)8-16(15-13)9-14(3,4)17;1-10(2)11-5-6-13-12(7-11)8-15-16(13)9-14(3,4)17;1-10(2)12-7-8-14-13(9-12)6-5-11(3)15(14)4;1-8(2)9-4-5-11-10(6-9)7-12(14)13(11)3;1-8(2)9-4-5-10-7-12(14)13(3)11(10)6-9;1-8(2)9-4-5-11-10(6-9)7-12-13(11)3;1-8(2)9-4-5-10-7-12-13(3)11(10)6-9;1-8(2)9-4-5-11-10(6-9)7-15(13,14)12(11)3;1-7(2)8-3-4-9-6-11(13)12-10(9)5-8;1-7(2)8-3-4-10-9(5-8)6-14(12,13)11-10/h2*5-8,10,17H,9H2,1-4H3;7-10H,3,5-6H2,1-2,4H3;2*4-6,8H,7H2,1-3H3;2*4-8H,1-3H3;4-6,8H,7H2,1-3H3;3-5,7H,6H2,1-2H3,(H,12,13);3-5,7,11H,6H2,1-2H3. The van der Waals surface area contributed by atoms with Crippen molar-refractivity contribution in [3.8, 4) is 0 Å². The average Bonchev–Trinajstić information content (AvgIpc) is 1.64. The summed E-state index contributed by atoms with van der Waals surface area (Å²) in [5, 5.41) is 44.4. The van der Waals surface area contributed by atoms with Crippen LogP contribution >= 0.6 is 0 Å². The molecule has 0 fully saturated rings. The molecule has 10 heterocycles. The fraction of sp³-hybridized carbons (Fsp3) is 0.425. The van der Waals surface area contributed by atoms with E-state index in [2.05, 4.69) is 321 Å². The number of sulfonamides is 2. The molecule has 4 N–H and O–H groups in total. The van der Waals surface area contributed by atoms with Gasteiger partial charge in [-0.15, -0.1) is 0 Å². The molecule has 23 nitrogen and oxygen atoms in total. The molecular weight excluding hydrogens is 1850 g/mol. The van der Waals surface area contributed by atoms with Crippen molar-refractivity contribution in [2.75, 3.05) is 57.2 Å². The molecule has 6 aliphatic rings. The molecule has 0 spiro atoms. The van der Waals surface area contributed by atoms with Gasteiger partial charge >= 0.3 is 0 Å². The largest absolute Gasteiger partial charge is 0.389 e. The van der Waals surface area contributed by atoms with Crippen LogP contribution in [-0.4, -0.2) is 123 Å². The van der Waals surface area contributed by atoms with E-state index < -0.39 is 31.2 Å². The van der Waals surface area contributed by atoms with Crippen LogP contribution in [0.2, 0.25) is 0 Å². The summed E-state index contributed by atoms with van der Waals surface area (Å²) in [4.78, 5) is 39.6. The van der Waals surface area contributed by atoms with Crippen molar-refractivity contribution < 1.29 is 41.4 Å². The third kappa shape index (κ3) is 29.7. The summed E-state index contributed by atoms with van der Waals surface area (Å²) in [6.07, 6.45) is 11.6. The van der Waals surface area contributed by atoms with Crippen molar-refractivity contribution in [2.45, 2.75) is 293 Å². The molecule has 14 aromatic rings. The van der Waals surface area contributed by atoms with E-state index >= 15 is 0 Å². The Balaban J connectivity index is 0.000000154. The second-order valence-electron chi connectivity index (χ2n) is 43.7. The summed E-state index contributed by atoms with van der Waals surface area (Å²) < 4.78 is 57.1. The number of aromatic nitrogens is 8. The number of likely N-dealkylation sites (N-methyl/N-ethyl adjacent to an activating group) is 2. The number of benzene rings is 10. The van der Waals surface area contributed by atoms with E-state index in [-0.39, 0.29) is 29.2 Å². The number of anilines is 6. The monoisotopic (exact) mass is 2000 g/mol. The number of carbonyl (C=O) groups is 3. The zero-order chi connectivity index (χ0) is 107. The highest BCUT2D eigenvalue weighted by Crippen LogP contribution is 2.39. The number of amides is 3. The fourth-order valence-corrected chi connectivity index (χ4v) is 20.3. The van der Waals surface area contributed by atoms with Crippen molar-refractivity contribution in [2.24, 2.45) is 14.1 Å². The Morgan fingerprint density at radius 3 is 1.32 bits per heavy atom. The summed E-state index contributed by atoms with van der Waals surface area (Å²) in [6, 6.07) is 63.1. The second kappa shape index (κ2) is 47.7. The highest BCUT2D eigenvalue weighted by Gasteiger charge is 2.32. The van der Waals surface area contributed by atoms with Gasteiger partial charge in [0.15, 0.2) is 0 Å². The van der Waals surface area contributed by atoms with Crippen molar-refractivity contribution in [1.29, 1.82) is 0 Å². The minimum atomic E-state index is -3.10. The lowest BCUT2D eigenvalue weighted by atomic mass is 9.94.